The molecule has 6 nitrogen and oxygen atoms in total. The van der Waals surface area contributed by atoms with Gasteiger partial charge in [-0.15, -0.1) is 0 Å². The molecule has 1 fully saturated rings. The number of nitrogens with zero attached hydrogens (tertiary/aromatic N) is 2. The maximum absolute atomic E-state index is 13.3. The van der Waals surface area contributed by atoms with Gasteiger partial charge in [-0.2, -0.15) is 0 Å². The Hall–Kier alpha value is -3.12. The summed E-state index contributed by atoms with van der Waals surface area (Å²) in [6.45, 7) is 10.3. The summed E-state index contributed by atoms with van der Waals surface area (Å²) in [5.41, 5.74) is 4.76. The summed E-state index contributed by atoms with van der Waals surface area (Å²) in [7, 11) is 2.05. The number of imide groups is 2. The first-order chi connectivity index (χ1) is 15.4. The Kier molecular flexibility index (Phi) is 5.61. The highest BCUT2D eigenvalue weighted by Crippen LogP contribution is 2.44. The Morgan fingerprint density at radius 3 is 2.52 bits per heavy atom. The van der Waals surface area contributed by atoms with Crippen molar-refractivity contribution in [1.29, 1.82) is 0 Å². The van der Waals surface area contributed by atoms with E-state index in [0.29, 0.717) is 16.3 Å². The van der Waals surface area contributed by atoms with Crippen LogP contribution in [0, 0.1) is 13.8 Å². The SMILES string of the molecule is Cc1cccc(N2C(=O)NC(=O)/C(=C\c3cc4c(cc3Cl)N(C)C(C)(C)CC4C)C2=O)c1C. The zero-order valence-electron chi connectivity index (χ0n) is 19.7. The van der Waals surface area contributed by atoms with Gasteiger partial charge in [-0.1, -0.05) is 30.7 Å². The fourth-order valence-electron chi connectivity index (χ4n) is 4.72. The minimum absolute atomic E-state index is 0.0124. The summed E-state index contributed by atoms with van der Waals surface area (Å²) in [5, 5.41) is 2.73. The van der Waals surface area contributed by atoms with E-state index in [1.54, 1.807) is 12.1 Å². The Morgan fingerprint density at radius 1 is 1.12 bits per heavy atom. The molecule has 0 saturated carbocycles. The number of fused-ring (bicyclic) bond motifs is 1. The Morgan fingerprint density at radius 2 is 1.82 bits per heavy atom. The van der Waals surface area contributed by atoms with E-state index >= 15 is 0 Å². The van der Waals surface area contributed by atoms with E-state index in [-0.39, 0.29) is 17.0 Å². The summed E-state index contributed by atoms with van der Waals surface area (Å²) in [4.78, 5) is 41.8. The monoisotopic (exact) mass is 465 g/mol. The lowest BCUT2D eigenvalue weighted by molar-refractivity contribution is -0.122. The topological polar surface area (TPSA) is 69.7 Å². The molecule has 2 aromatic carbocycles. The van der Waals surface area contributed by atoms with Crippen molar-refractivity contribution in [1.82, 2.24) is 5.32 Å². The smallest absolute Gasteiger partial charge is 0.335 e. The Labute approximate surface area is 199 Å². The third kappa shape index (κ3) is 3.82. The maximum Gasteiger partial charge on any atom is 0.335 e. The predicted octanol–water partition coefficient (Wildman–Crippen LogP) is 5.35. The molecule has 0 aromatic heterocycles. The molecule has 1 atom stereocenters. The van der Waals surface area contributed by atoms with Crippen LogP contribution in [0.3, 0.4) is 0 Å². The van der Waals surface area contributed by atoms with Gasteiger partial charge in [0.05, 0.1) is 5.69 Å². The van der Waals surface area contributed by atoms with Gasteiger partial charge in [0, 0.05) is 23.3 Å². The second kappa shape index (κ2) is 8.03. The minimum atomic E-state index is -0.759. The van der Waals surface area contributed by atoms with Gasteiger partial charge in [0.1, 0.15) is 5.57 Å². The highest BCUT2D eigenvalue weighted by atomic mass is 35.5. The number of anilines is 2. The van der Waals surface area contributed by atoms with Gasteiger partial charge in [0.15, 0.2) is 0 Å². The summed E-state index contributed by atoms with van der Waals surface area (Å²) < 4.78 is 0. The van der Waals surface area contributed by atoms with Gasteiger partial charge in [0.2, 0.25) is 0 Å². The number of amides is 4. The van der Waals surface area contributed by atoms with Crippen LogP contribution in [-0.4, -0.2) is 30.4 Å². The second-order valence-electron chi connectivity index (χ2n) is 9.59. The first kappa shape index (κ1) is 23.1. The number of benzene rings is 2. The van der Waals surface area contributed by atoms with Crippen LogP contribution < -0.4 is 15.1 Å². The Balaban J connectivity index is 1.79. The van der Waals surface area contributed by atoms with Crippen LogP contribution in [-0.2, 0) is 9.59 Å². The van der Waals surface area contributed by atoms with Gasteiger partial charge in [-0.25, -0.2) is 9.69 Å². The van der Waals surface area contributed by atoms with Crippen molar-refractivity contribution in [2.75, 3.05) is 16.8 Å². The van der Waals surface area contributed by atoms with Crippen LogP contribution in [0.5, 0.6) is 0 Å². The van der Waals surface area contributed by atoms with E-state index in [1.807, 2.05) is 39.1 Å². The van der Waals surface area contributed by atoms with Crippen molar-refractivity contribution in [2.24, 2.45) is 0 Å². The first-order valence-corrected chi connectivity index (χ1v) is 11.3. The summed E-state index contributed by atoms with van der Waals surface area (Å²) in [6.07, 6.45) is 2.44. The van der Waals surface area contributed by atoms with Crippen LogP contribution in [0.2, 0.25) is 5.02 Å². The molecule has 1 unspecified atom stereocenters. The lowest BCUT2D eigenvalue weighted by Gasteiger charge is -2.45. The van der Waals surface area contributed by atoms with E-state index in [4.69, 9.17) is 11.6 Å². The molecule has 1 N–H and O–H groups in total. The molecule has 0 spiro atoms. The number of barbiturate groups is 1. The molecule has 2 aliphatic heterocycles. The maximum atomic E-state index is 13.3. The van der Waals surface area contributed by atoms with Crippen molar-refractivity contribution in [2.45, 2.75) is 52.5 Å². The van der Waals surface area contributed by atoms with Crippen LogP contribution in [0.4, 0.5) is 16.2 Å². The number of urea groups is 1. The molecule has 172 valence electrons. The van der Waals surface area contributed by atoms with Gasteiger partial charge >= 0.3 is 6.03 Å². The first-order valence-electron chi connectivity index (χ1n) is 11.0. The summed E-state index contributed by atoms with van der Waals surface area (Å²) in [5.74, 6) is -1.12. The molecule has 0 radical (unpaired) electrons. The zero-order valence-corrected chi connectivity index (χ0v) is 20.5. The van der Waals surface area contributed by atoms with Crippen molar-refractivity contribution in [3.05, 3.63) is 63.2 Å². The van der Waals surface area contributed by atoms with Crippen molar-refractivity contribution < 1.29 is 14.4 Å². The number of carbonyl (C=O) groups is 3. The van der Waals surface area contributed by atoms with Gasteiger partial charge < -0.3 is 4.90 Å². The second-order valence-corrected chi connectivity index (χ2v) is 9.99. The number of hydrogen-bond donors (Lipinski definition) is 1. The average molecular weight is 466 g/mol. The van der Waals surface area contributed by atoms with E-state index in [0.717, 1.165) is 33.7 Å². The highest BCUT2D eigenvalue weighted by molar-refractivity contribution is 6.40. The molecule has 4 amide bonds. The van der Waals surface area contributed by atoms with Crippen LogP contribution in [0.15, 0.2) is 35.9 Å². The van der Waals surface area contributed by atoms with Crippen molar-refractivity contribution >= 4 is 46.9 Å². The molecule has 7 heteroatoms. The van der Waals surface area contributed by atoms with E-state index in [9.17, 15) is 14.4 Å². The van der Waals surface area contributed by atoms with E-state index in [1.165, 1.54) is 6.08 Å². The normalized spacial score (nSPS) is 21.4. The molecule has 2 aliphatic rings. The fraction of sp³-hybridized carbons (Fsp3) is 0.346. The zero-order chi connectivity index (χ0) is 24.2. The molecular formula is C26H28ClN3O3. The van der Waals surface area contributed by atoms with Gasteiger partial charge in [-0.05, 0) is 86.6 Å². The quantitative estimate of drug-likeness (QED) is 0.479. The lowest BCUT2D eigenvalue weighted by atomic mass is 9.80. The summed E-state index contributed by atoms with van der Waals surface area (Å²) in [6, 6.07) is 8.44. The molecule has 0 bridgehead atoms. The van der Waals surface area contributed by atoms with Crippen LogP contribution in [0.1, 0.15) is 55.4 Å². The standard InChI is InChI=1S/C26H28ClN3O3/c1-14-8-7-9-21(16(14)3)30-24(32)19(23(31)28-25(30)33)11-17-10-18-15(2)13-26(4,5)29(6)22(18)12-20(17)27/h7-12,15H,13H2,1-6H3,(H,28,31,33)/b19-11+. The third-order valence-electron chi connectivity index (χ3n) is 6.97. The number of aryl methyl sites for hydroxylation is 1. The van der Waals surface area contributed by atoms with E-state index in [2.05, 4.69) is 31.0 Å². The Bertz CT molecular complexity index is 1230. The third-order valence-corrected chi connectivity index (χ3v) is 7.30. The predicted molar refractivity (Wildman–Crippen MR) is 132 cm³/mol. The largest absolute Gasteiger partial charge is 0.369 e. The average Bonchev–Trinajstić information content (AvgIpc) is 2.72. The van der Waals surface area contributed by atoms with Gasteiger partial charge in [0.25, 0.3) is 11.8 Å². The molecule has 0 aliphatic carbocycles. The minimum Gasteiger partial charge on any atom is -0.369 e. The molecular weight excluding hydrogens is 438 g/mol. The van der Waals surface area contributed by atoms with Gasteiger partial charge in [-0.3, -0.25) is 14.9 Å². The number of rotatable bonds is 2. The number of nitrogens with one attached hydrogen (secondary N) is 1. The summed E-state index contributed by atoms with van der Waals surface area (Å²) >= 11 is 6.62. The lowest BCUT2D eigenvalue weighted by Crippen LogP contribution is -2.54. The molecule has 1 saturated heterocycles. The highest BCUT2D eigenvalue weighted by Gasteiger charge is 2.38. The molecule has 33 heavy (non-hydrogen) atoms. The molecule has 2 aromatic rings. The van der Waals surface area contributed by atoms with Crippen LogP contribution in [0.25, 0.3) is 6.08 Å². The number of halogens is 1. The molecule has 4 rings (SSSR count). The van der Waals surface area contributed by atoms with Crippen molar-refractivity contribution in [3.63, 3.8) is 0 Å². The van der Waals surface area contributed by atoms with Crippen LogP contribution >= 0.6 is 11.6 Å². The number of hydrogen-bond acceptors (Lipinski definition) is 4. The fourth-order valence-corrected chi connectivity index (χ4v) is 4.94. The number of carbonyl (C=O) groups excluding carboxylic acids is 3. The van der Waals surface area contributed by atoms with Crippen molar-refractivity contribution in [3.8, 4) is 0 Å². The molecule has 2 heterocycles. The van der Waals surface area contributed by atoms with E-state index < -0.39 is 17.8 Å².